The molecule has 2 aromatic carbocycles. The number of aromatic nitrogens is 3. The van der Waals surface area contributed by atoms with Crippen LogP contribution in [-0.4, -0.2) is 21.9 Å². The SMILES string of the molecule is COc1ccc(-c2nnc(SCc3ccccc3C)n2C2CCCCC2)cc1. The summed E-state index contributed by atoms with van der Waals surface area (Å²) in [5, 5.41) is 10.2. The Morgan fingerprint density at radius 2 is 1.75 bits per heavy atom. The zero-order valence-electron chi connectivity index (χ0n) is 16.6. The molecule has 0 amide bonds. The maximum atomic E-state index is 5.31. The lowest BCUT2D eigenvalue weighted by molar-refractivity contribution is 0.339. The van der Waals surface area contributed by atoms with Gasteiger partial charge >= 0.3 is 0 Å². The molecule has 5 heteroatoms. The molecule has 0 radical (unpaired) electrons. The average molecular weight is 394 g/mol. The van der Waals surface area contributed by atoms with Gasteiger partial charge in [0, 0.05) is 17.4 Å². The molecule has 28 heavy (non-hydrogen) atoms. The molecule has 0 spiro atoms. The molecular weight excluding hydrogens is 366 g/mol. The van der Waals surface area contributed by atoms with Gasteiger partial charge < -0.3 is 4.74 Å². The van der Waals surface area contributed by atoms with Gasteiger partial charge in [-0.2, -0.15) is 0 Å². The summed E-state index contributed by atoms with van der Waals surface area (Å²) < 4.78 is 7.70. The summed E-state index contributed by atoms with van der Waals surface area (Å²) in [6.07, 6.45) is 6.32. The fourth-order valence-electron chi connectivity index (χ4n) is 3.90. The highest BCUT2D eigenvalue weighted by Crippen LogP contribution is 2.36. The first-order valence-electron chi connectivity index (χ1n) is 10.0. The maximum Gasteiger partial charge on any atom is 0.192 e. The number of thioether (sulfide) groups is 1. The van der Waals surface area contributed by atoms with E-state index in [4.69, 9.17) is 4.74 Å². The zero-order valence-corrected chi connectivity index (χ0v) is 17.4. The maximum absolute atomic E-state index is 5.31. The highest BCUT2D eigenvalue weighted by Gasteiger charge is 2.24. The van der Waals surface area contributed by atoms with Crippen LogP contribution in [0, 0.1) is 6.92 Å². The van der Waals surface area contributed by atoms with Crippen LogP contribution in [-0.2, 0) is 5.75 Å². The van der Waals surface area contributed by atoms with Gasteiger partial charge in [0.1, 0.15) is 5.75 Å². The first-order valence-corrected chi connectivity index (χ1v) is 11.0. The minimum Gasteiger partial charge on any atom is -0.497 e. The third-order valence-electron chi connectivity index (χ3n) is 5.57. The predicted molar refractivity (Wildman–Crippen MR) is 115 cm³/mol. The lowest BCUT2D eigenvalue weighted by atomic mass is 9.95. The lowest BCUT2D eigenvalue weighted by Crippen LogP contribution is -2.15. The van der Waals surface area contributed by atoms with E-state index in [1.165, 1.54) is 43.2 Å². The number of hydrogen-bond acceptors (Lipinski definition) is 4. The summed E-state index contributed by atoms with van der Waals surface area (Å²) in [5.41, 5.74) is 3.78. The Morgan fingerprint density at radius 1 is 1.00 bits per heavy atom. The summed E-state index contributed by atoms with van der Waals surface area (Å²) in [5.74, 6) is 2.75. The molecule has 0 aliphatic heterocycles. The fourth-order valence-corrected chi connectivity index (χ4v) is 4.98. The Balaban J connectivity index is 1.65. The van der Waals surface area contributed by atoms with Gasteiger partial charge in [0.15, 0.2) is 11.0 Å². The molecule has 1 aliphatic carbocycles. The van der Waals surface area contributed by atoms with Gasteiger partial charge in [-0.15, -0.1) is 10.2 Å². The number of rotatable bonds is 6. The van der Waals surface area contributed by atoms with E-state index in [1.807, 2.05) is 12.1 Å². The Kier molecular flexibility index (Phi) is 6.01. The van der Waals surface area contributed by atoms with Crippen molar-refractivity contribution in [3.05, 3.63) is 59.7 Å². The largest absolute Gasteiger partial charge is 0.497 e. The minimum absolute atomic E-state index is 0.486. The van der Waals surface area contributed by atoms with Crippen LogP contribution in [0.4, 0.5) is 0 Å². The van der Waals surface area contributed by atoms with Crippen molar-refractivity contribution in [3.63, 3.8) is 0 Å². The number of ether oxygens (including phenoxy) is 1. The number of aryl methyl sites for hydroxylation is 1. The quantitative estimate of drug-likeness (QED) is 0.477. The fraction of sp³-hybridized carbons (Fsp3) is 0.391. The van der Waals surface area contributed by atoms with Crippen molar-refractivity contribution >= 4 is 11.8 Å². The molecular formula is C23H27N3OS. The van der Waals surface area contributed by atoms with E-state index in [2.05, 4.69) is 58.1 Å². The van der Waals surface area contributed by atoms with Crippen molar-refractivity contribution in [3.8, 4) is 17.1 Å². The van der Waals surface area contributed by atoms with Crippen molar-refractivity contribution in [2.24, 2.45) is 0 Å². The summed E-state index contributed by atoms with van der Waals surface area (Å²) in [6.45, 7) is 2.17. The molecule has 146 valence electrons. The van der Waals surface area contributed by atoms with Crippen molar-refractivity contribution in [2.75, 3.05) is 7.11 Å². The van der Waals surface area contributed by atoms with Crippen LogP contribution in [0.1, 0.15) is 49.3 Å². The van der Waals surface area contributed by atoms with Crippen molar-refractivity contribution in [2.45, 2.75) is 56.0 Å². The molecule has 0 N–H and O–H groups in total. The Hall–Kier alpha value is -2.27. The molecule has 1 aliphatic rings. The Labute approximate surface area is 171 Å². The molecule has 3 aromatic rings. The zero-order chi connectivity index (χ0) is 19.3. The van der Waals surface area contributed by atoms with Crippen LogP contribution in [0.15, 0.2) is 53.7 Å². The Bertz CT molecular complexity index is 914. The molecule has 0 saturated heterocycles. The monoisotopic (exact) mass is 393 g/mol. The summed E-state index contributed by atoms with van der Waals surface area (Å²) in [6, 6.07) is 17.2. The average Bonchev–Trinajstić information content (AvgIpc) is 3.18. The van der Waals surface area contributed by atoms with Crippen molar-refractivity contribution in [1.82, 2.24) is 14.8 Å². The van der Waals surface area contributed by atoms with Crippen molar-refractivity contribution in [1.29, 1.82) is 0 Å². The molecule has 1 aromatic heterocycles. The second kappa shape index (κ2) is 8.82. The van der Waals surface area contributed by atoms with Gasteiger partial charge in [-0.05, 0) is 55.2 Å². The topological polar surface area (TPSA) is 39.9 Å². The van der Waals surface area contributed by atoms with Gasteiger partial charge in [0.25, 0.3) is 0 Å². The summed E-state index contributed by atoms with van der Waals surface area (Å²) >= 11 is 1.80. The third-order valence-corrected chi connectivity index (χ3v) is 6.56. The van der Waals surface area contributed by atoms with E-state index in [0.29, 0.717) is 6.04 Å². The van der Waals surface area contributed by atoms with Crippen LogP contribution in [0.5, 0.6) is 5.75 Å². The van der Waals surface area contributed by atoms with E-state index < -0.39 is 0 Å². The van der Waals surface area contributed by atoms with Crippen LogP contribution in [0.3, 0.4) is 0 Å². The van der Waals surface area contributed by atoms with Gasteiger partial charge in [0.2, 0.25) is 0 Å². The van der Waals surface area contributed by atoms with Crippen LogP contribution in [0.2, 0.25) is 0 Å². The summed E-state index contributed by atoms with van der Waals surface area (Å²) in [4.78, 5) is 0. The molecule has 1 fully saturated rings. The van der Waals surface area contributed by atoms with Crippen LogP contribution in [0.25, 0.3) is 11.4 Å². The van der Waals surface area contributed by atoms with Crippen LogP contribution >= 0.6 is 11.8 Å². The molecule has 1 saturated carbocycles. The third kappa shape index (κ3) is 4.09. The molecule has 0 unspecified atom stereocenters. The van der Waals surface area contributed by atoms with Gasteiger partial charge in [-0.3, -0.25) is 4.57 Å². The minimum atomic E-state index is 0.486. The second-order valence-electron chi connectivity index (χ2n) is 7.41. The predicted octanol–water partition coefficient (Wildman–Crippen LogP) is 6.06. The van der Waals surface area contributed by atoms with Gasteiger partial charge in [-0.25, -0.2) is 0 Å². The standard InChI is InChI=1S/C23H27N3OS/c1-17-8-6-7-9-19(17)16-28-23-25-24-22(18-12-14-21(27-2)15-13-18)26(23)20-10-4-3-5-11-20/h6-9,12-15,20H,3-5,10-11,16H2,1-2H3. The number of hydrogen-bond donors (Lipinski definition) is 0. The smallest absolute Gasteiger partial charge is 0.192 e. The van der Waals surface area contributed by atoms with E-state index in [9.17, 15) is 0 Å². The highest BCUT2D eigenvalue weighted by molar-refractivity contribution is 7.98. The normalized spacial score (nSPS) is 14.9. The highest BCUT2D eigenvalue weighted by atomic mass is 32.2. The first-order chi connectivity index (χ1) is 13.8. The lowest BCUT2D eigenvalue weighted by Gasteiger charge is -2.25. The van der Waals surface area contributed by atoms with Crippen LogP contribution < -0.4 is 4.74 Å². The Morgan fingerprint density at radius 3 is 2.46 bits per heavy atom. The van der Waals surface area contributed by atoms with E-state index in [1.54, 1.807) is 18.9 Å². The van der Waals surface area contributed by atoms with E-state index in [0.717, 1.165) is 28.0 Å². The molecule has 0 atom stereocenters. The first kappa shape index (κ1) is 19.1. The van der Waals surface area contributed by atoms with E-state index in [-0.39, 0.29) is 0 Å². The van der Waals surface area contributed by atoms with Gasteiger partial charge in [0.05, 0.1) is 7.11 Å². The second-order valence-corrected chi connectivity index (χ2v) is 8.35. The van der Waals surface area contributed by atoms with Gasteiger partial charge in [-0.1, -0.05) is 55.3 Å². The summed E-state index contributed by atoms with van der Waals surface area (Å²) in [7, 11) is 1.69. The molecule has 0 bridgehead atoms. The molecule has 4 nitrogen and oxygen atoms in total. The molecule has 1 heterocycles. The molecule has 4 rings (SSSR count). The van der Waals surface area contributed by atoms with E-state index >= 15 is 0 Å². The number of benzene rings is 2. The number of methoxy groups -OCH3 is 1. The number of nitrogens with zero attached hydrogens (tertiary/aromatic N) is 3. The van der Waals surface area contributed by atoms with Crippen molar-refractivity contribution < 1.29 is 4.74 Å².